The van der Waals surface area contributed by atoms with Crippen LogP contribution in [0, 0.1) is 0 Å². The first kappa shape index (κ1) is 10.9. The summed E-state index contributed by atoms with van der Waals surface area (Å²) >= 11 is 0. The van der Waals surface area contributed by atoms with Crippen molar-refractivity contribution in [3.8, 4) is 5.75 Å². The molecule has 0 unspecified atom stereocenters. The van der Waals surface area contributed by atoms with Crippen molar-refractivity contribution in [1.82, 2.24) is 0 Å². The van der Waals surface area contributed by atoms with Crippen LogP contribution in [0.4, 0.5) is 0 Å². The van der Waals surface area contributed by atoms with Gasteiger partial charge in [-0.15, -0.1) is 0 Å². The number of aromatic hydroxyl groups is 1. The average molecular weight is 232 g/mol. The van der Waals surface area contributed by atoms with E-state index in [0.29, 0.717) is 0 Å². The van der Waals surface area contributed by atoms with Crippen molar-refractivity contribution in [3.63, 3.8) is 0 Å². The molecule has 5 heteroatoms. The number of phenols is 1. The van der Waals surface area contributed by atoms with E-state index < -0.39 is 11.8 Å². The first-order valence-electron chi connectivity index (χ1n) is 4.74. The lowest BCUT2D eigenvalue weighted by Gasteiger charge is -2.00. The second-order valence-corrected chi connectivity index (χ2v) is 3.35. The van der Waals surface area contributed by atoms with Crippen LogP contribution in [0.2, 0.25) is 0 Å². The molecular formula is C12H8O5. The molecule has 0 bridgehead atoms. The Balaban J connectivity index is 2.37. The van der Waals surface area contributed by atoms with E-state index in [1.165, 1.54) is 12.1 Å². The van der Waals surface area contributed by atoms with Crippen molar-refractivity contribution in [2.75, 3.05) is 0 Å². The number of hydrogen-bond donors (Lipinski definition) is 2. The van der Waals surface area contributed by atoms with Crippen LogP contribution in [0.5, 0.6) is 5.75 Å². The lowest BCUT2D eigenvalue weighted by Crippen LogP contribution is -2.00. The largest absolute Gasteiger partial charge is 0.507 e. The Kier molecular flexibility index (Phi) is 2.66. The van der Waals surface area contributed by atoms with Crippen LogP contribution < -0.4 is 0 Å². The number of para-hydroxylation sites is 1. The van der Waals surface area contributed by atoms with Crippen molar-refractivity contribution in [1.29, 1.82) is 0 Å². The maximum Gasteiger partial charge on any atom is 0.371 e. The summed E-state index contributed by atoms with van der Waals surface area (Å²) in [6.07, 6.45) is 1.05. The number of carboxylic acid groups (broad SMARTS) is 1. The van der Waals surface area contributed by atoms with Crippen LogP contribution in [-0.4, -0.2) is 22.0 Å². The van der Waals surface area contributed by atoms with Gasteiger partial charge in [-0.1, -0.05) is 12.1 Å². The summed E-state index contributed by atoms with van der Waals surface area (Å²) in [5, 5.41) is 18.1. The van der Waals surface area contributed by atoms with Gasteiger partial charge in [0.05, 0.1) is 11.1 Å². The van der Waals surface area contributed by atoms with Crippen LogP contribution in [0.3, 0.4) is 0 Å². The minimum absolute atomic E-state index is 0.0869. The quantitative estimate of drug-likeness (QED) is 0.789. The maximum atomic E-state index is 11.9. The first-order chi connectivity index (χ1) is 8.09. The van der Waals surface area contributed by atoms with Gasteiger partial charge in [0, 0.05) is 6.07 Å². The molecule has 0 aliphatic rings. The number of carboxylic acids is 1. The van der Waals surface area contributed by atoms with E-state index in [1.54, 1.807) is 12.1 Å². The minimum Gasteiger partial charge on any atom is -0.507 e. The van der Waals surface area contributed by atoms with E-state index in [0.717, 1.165) is 12.3 Å². The van der Waals surface area contributed by atoms with Crippen molar-refractivity contribution in [3.05, 3.63) is 53.5 Å². The van der Waals surface area contributed by atoms with Gasteiger partial charge in [-0.2, -0.15) is 0 Å². The lowest BCUT2D eigenvalue weighted by atomic mass is 10.1. The smallest absolute Gasteiger partial charge is 0.371 e. The lowest BCUT2D eigenvalue weighted by molar-refractivity contribution is 0.0662. The average Bonchev–Trinajstić information content (AvgIpc) is 2.78. The normalized spacial score (nSPS) is 10.1. The highest BCUT2D eigenvalue weighted by Gasteiger charge is 2.17. The number of hydrogen-bond acceptors (Lipinski definition) is 4. The molecule has 0 aliphatic heterocycles. The monoisotopic (exact) mass is 232 g/mol. The molecule has 17 heavy (non-hydrogen) atoms. The summed E-state index contributed by atoms with van der Waals surface area (Å²) < 4.78 is 4.71. The summed E-state index contributed by atoms with van der Waals surface area (Å²) in [6.45, 7) is 0. The van der Waals surface area contributed by atoms with Crippen LogP contribution in [0.25, 0.3) is 0 Å². The molecule has 2 rings (SSSR count). The number of furan rings is 1. The number of ketones is 1. The zero-order chi connectivity index (χ0) is 12.4. The predicted octanol–water partition coefficient (Wildman–Crippen LogP) is 1.91. The molecule has 1 heterocycles. The van der Waals surface area contributed by atoms with Gasteiger partial charge in [0.15, 0.2) is 5.78 Å². The zero-order valence-corrected chi connectivity index (χ0v) is 8.58. The van der Waals surface area contributed by atoms with Crippen LogP contribution in [0.1, 0.15) is 26.5 Å². The third kappa shape index (κ3) is 2.03. The molecule has 2 aromatic rings. The van der Waals surface area contributed by atoms with E-state index in [4.69, 9.17) is 9.52 Å². The van der Waals surface area contributed by atoms with E-state index in [-0.39, 0.29) is 22.6 Å². The van der Waals surface area contributed by atoms with Gasteiger partial charge in [0.1, 0.15) is 12.0 Å². The predicted molar refractivity (Wildman–Crippen MR) is 57.2 cm³/mol. The van der Waals surface area contributed by atoms with Gasteiger partial charge >= 0.3 is 5.97 Å². The highest BCUT2D eigenvalue weighted by atomic mass is 16.4. The highest BCUT2D eigenvalue weighted by molar-refractivity contribution is 6.11. The molecule has 1 aromatic heterocycles. The Labute approximate surface area is 95.9 Å². The molecule has 0 saturated carbocycles. The third-order valence-electron chi connectivity index (χ3n) is 2.22. The van der Waals surface area contributed by atoms with Crippen LogP contribution in [-0.2, 0) is 0 Å². The highest BCUT2D eigenvalue weighted by Crippen LogP contribution is 2.21. The molecule has 5 nitrogen and oxygen atoms in total. The van der Waals surface area contributed by atoms with Crippen LogP contribution >= 0.6 is 0 Å². The molecular weight excluding hydrogens is 224 g/mol. The molecule has 2 N–H and O–H groups in total. The fourth-order valence-electron chi connectivity index (χ4n) is 1.39. The van der Waals surface area contributed by atoms with Gasteiger partial charge in [-0.05, 0) is 12.1 Å². The molecule has 0 amide bonds. The van der Waals surface area contributed by atoms with Gasteiger partial charge < -0.3 is 14.6 Å². The van der Waals surface area contributed by atoms with E-state index in [1.807, 2.05) is 0 Å². The molecule has 1 aromatic carbocycles. The van der Waals surface area contributed by atoms with Gasteiger partial charge in [-0.25, -0.2) is 4.79 Å². The fourth-order valence-corrected chi connectivity index (χ4v) is 1.39. The minimum atomic E-state index is -1.25. The second-order valence-electron chi connectivity index (χ2n) is 3.35. The van der Waals surface area contributed by atoms with E-state index in [9.17, 15) is 14.7 Å². The topological polar surface area (TPSA) is 87.7 Å². The first-order valence-corrected chi connectivity index (χ1v) is 4.74. The molecule has 0 aliphatic carbocycles. The summed E-state index contributed by atoms with van der Waals surface area (Å²) in [5.74, 6) is -2.21. The fraction of sp³-hybridized carbons (Fsp3) is 0. The number of carbonyl (C=O) groups is 2. The Bertz CT molecular complexity index is 582. The number of aromatic carboxylic acids is 1. The Morgan fingerprint density at radius 1 is 1.18 bits per heavy atom. The maximum absolute atomic E-state index is 11.9. The Morgan fingerprint density at radius 3 is 2.47 bits per heavy atom. The van der Waals surface area contributed by atoms with E-state index >= 15 is 0 Å². The van der Waals surface area contributed by atoms with Gasteiger partial charge in [0.2, 0.25) is 5.76 Å². The van der Waals surface area contributed by atoms with Crippen molar-refractivity contribution < 1.29 is 24.2 Å². The zero-order valence-electron chi connectivity index (χ0n) is 8.58. The van der Waals surface area contributed by atoms with Gasteiger partial charge in [-0.3, -0.25) is 4.79 Å². The Hall–Kier alpha value is -2.56. The summed E-state index contributed by atoms with van der Waals surface area (Å²) in [5.41, 5.74) is 0.189. The summed E-state index contributed by atoms with van der Waals surface area (Å²) in [7, 11) is 0. The molecule has 86 valence electrons. The number of benzene rings is 1. The van der Waals surface area contributed by atoms with Crippen LogP contribution in [0.15, 0.2) is 41.0 Å². The van der Waals surface area contributed by atoms with Crippen molar-refractivity contribution in [2.24, 2.45) is 0 Å². The Morgan fingerprint density at radius 2 is 1.88 bits per heavy atom. The molecule has 0 radical (unpaired) electrons. The second kappa shape index (κ2) is 4.13. The standard InChI is InChI=1S/C12H8O5/c13-9-4-2-1-3-8(9)11(14)7-5-10(12(15)16)17-6-7/h1-6,13H,(H,15,16). The summed E-state index contributed by atoms with van der Waals surface area (Å²) in [4.78, 5) is 22.5. The SMILES string of the molecule is O=C(O)c1cc(C(=O)c2ccccc2O)co1. The molecule has 0 saturated heterocycles. The van der Waals surface area contributed by atoms with Gasteiger partial charge in [0.25, 0.3) is 0 Å². The third-order valence-corrected chi connectivity index (χ3v) is 2.22. The number of phenolic OH excluding ortho intramolecular Hbond substituents is 1. The molecule has 0 atom stereocenters. The van der Waals surface area contributed by atoms with Crippen molar-refractivity contribution >= 4 is 11.8 Å². The number of rotatable bonds is 3. The van der Waals surface area contributed by atoms with Crippen molar-refractivity contribution in [2.45, 2.75) is 0 Å². The van der Waals surface area contributed by atoms with E-state index in [2.05, 4.69) is 0 Å². The summed E-state index contributed by atoms with van der Waals surface area (Å²) in [6, 6.07) is 7.14. The number of carbonyl (C=O) groups excluding carboxylic acids is 1. The molecule has 0 fully saturated rings. The molecule has 0 spiro atoms.